The Hall–Kier alpha value is -4.23. The molecule has 0 N–H and O–H groups in total. The highest BCUT2D eigenvalue weighted by molar-refractivity contribution is 5.97. The second kappa shape index (κ2) is 8.03. The summed E-state index contributed by atoms with van der Waals surface area (Å²) in [5.41, 5.74) is 9.51. The van der Waals surface area contributed by atoms with Crippen molar-refractivity contribution in [3.8, 4) is 33.4 Å². The van der Waals surface area contributed by atoms with Gasteiger partial charge in [0.25, 0.3) is 0 Å². The van der Waals surface area contributed by atoms with Gasteiger partial charge in [0.1, 0.15) is 0 Å². The molecule has 0 saturated carbocycles. The summed E-state index contributed by atoms with van der Waals surface area (Å²) >= 11 is 0. The topological polar surface area (TPSA) is 12.9 Å². The molecule has 0 aliphatic heterocycles. The molecule has 0 radical (unpaired) electrons. The van der Waals surface area contributed by atoms with E-state index in [0.29, 0.717) is 0 Å². The van der Waals surface area contributed by atoms with Crippen LogP contribution in [-0.4, -0.2) is 4.98 Å². The minimum absolute atomic E-state index is 1.02. The van der Waals surface area contributed by atoms with Crippen LogP contribution in [0.2, 0.25) is 0 Å². The molecule has 6 aromatic rings. The fraction of sp³-hybridized carbons (Fsp3) is 0.0312. The van der Waals surface area contributed by atoms with Crippen molar-refractivity contribution in [2.24, 2.45) is 0 Å². The lowest BCUT2D eigenvalue weighted by Gasteiger charge is -2.09. The number of fused-ring (bicyclic) bond motifs is 2. The Morgan fingerprint density at radius 1 is 0.485 bits per heavy atom. The predicted molar refractivity (Wildman–Crippen MR) is 140 cm³/mol. The van der Waals surface area contributed by atoms with E-state index < -0.39 is 0 Å². The van der Waals surface area contributed by atoms with E-state index in [-0.39, 0.29) is 0 Å². The van der Waals surface area contributed by atoms with Crippen LogP contribution in [0.3, 0.4) is 0 Å². The third-order valence-electron chi connectivity index (χ3n) is 6.39. The van der Waals surface area contributed by atoms with Crippen LogP contribution in [0.5, 0.6) is 0 Å². The Labute approximate surface area is 194 Å². The van der Waals surface area contributed by atoms with Crippen LogP contribution >= 0.6 is 0 Å². The summed E-state index contributed by atoms with van der Waals surface area (Å²) in [6, 6.07) is 41.2. The number of pyridine rings is 1. The molecule has 0 atom stereocenters. The highest BCUT2D eigenvalue weighted by Gasteiger charge is 2.06. The molecule has 0 saturated heterocycles. The zero-order valence-corrected chi connectivity index (χ0v) is 18.5. The highest BCUT2D eigenvalue weighted by Crippen LogP contribution is 2.31. The smallest absolute Gasteiger partial charge is 0.0708 e. The van der Waals surface area contributed by atoms with Gasteiger partial charge in [-0.3, -0.25) is 4.98 Å². The number of rotatable bonds is 3. The third-order valence-corrected chi connectivity index (χ3v) is 6.39. The quantitative estimate of drug-likeness (QED) is 0.278. The number of hydrogen-bond donors (Lipinski definition) is 0. The zero-order chi connectivity index (χ0) is 22.2. The summed E-state index contributed by atoms with van der Waals surface area (Å²) in [6.07, 6.45) is 1.98. The van der Waals surface area contributed by atoms with Gasteiger partial charge < -0.3 is 0 Å². The van der Waals surface area contributed by atoms with Crippen molar-refractivity contribution in [1.29, 1.82) is 0 Å². The Morgan fingerprint density at radius 2 is 1.15 bits per heavy atom. The van der Waals surface area contributed by atoms with Crippen molar-refractivity contribution in [3.05, 3.63) is 127 Å². The molecule has 0 aliphatic carbocycles. The number of aryl methyl sites for hydroxylation is 1. The minimum atomic E-state index is 1.02. The van der Waals surface area contributed by atoms with Gasteiger partial charge in [0.2, 0.25) is 0 Å². The second-order valence-corrected chi connectivity index (χ2v) is 8.60. The molecule has 1 nitrogen and oxygen atoms in total. The lowest BCUT2D eigenvalue weighted by Crippen LogP contribution is -1.86. The standard InChI is InChI=1S/C32H23N/c1-22-9-11-23(12-10-22)27-17-18-28-19-29(21-33-32(28)20-27)24-13-15-26(16-14-24)31-8-4-6-25-5-2-3-7-30(25)31/h2-21H,1H3. The molecule has 0 unspecified atom stereocenters. The Bertz CT molecular complexity index is 1590. The lowest BCUT2D eigenvalue weighted by molar-refractivity contribution is 1.40. The average Bonchev–Trinajstić information content (AvgIpc) is 2.88. The zero-order valence-electron chi connectivity index (χ0n) is 18.5. The summed E-state index contributed by atoms with van der Waals surface area (Å²) in [5, 5.41) is 3.70. The van der Waals surface area contributed by atoms with Gasteiger partial charge in [0, 0.05) is 17.1 Å². The molecule has 0 bridgehead atoms. The highest BCUT2D eigenvalue weighted by atomic mass is 14.6. The van der Waals surface area contributed by atoms with Crippen molar-refractivity contribution in [2.45, 2.75) is 6.92 Å². The first-order valence-corrected chi connectivity index (χ1v) is 11.3. The van der Waals surface area contributed by atoms with Gasteiger partial charge in [0.15, 0.2) is 0 Å². The van der Waals surface area contributed by atoms with Gasteiger partial charge in [-0.2, -0.15) is 0 Å². The van der Waals surface area contributed by atoms with Crippen LogP contribution < -0.4 is 0 Å². The second-order valence-electron chi connectivity index (χ2n) is 8.60. The molecular formula is C32H23N. The van der Waals surface area contributed by atoms with Crippen LogP contribution in [0.4, 0.5) is 0 Å². The van der Waals surface area contributed by atoms with E-state index in [2.05, 4.69) is 122 Å². The molecule has 0 amide bonds. The van der Waals surface area contributed by atoms with Crippen LogP contribution in [-0.2, 0) is 0 Å². The molecule has 33 heavy (non-hydrogen) atoms. The Kier molecular flexibility index (Phi) is 4.74. The van der Waals surface area contributed by atoms with Crippen LogP contribution in [0.25, 0.3) is 55.1 Å². The van der Waals surface area contributed by atoms with E-state index in [1.807, 2.05) is 6.20 Å². The van der Waals surface area contributed by atoms with Crippen LogP contribution in [0.15, 0.2) is 121 Å². The molecule has 0 spiro atoms. The van der Waals surface area contributed by atoms with E-state index in [4.69, 9.17) is 4.98 Å². The minimum Gasteiger partial charge on any atom is -0.256 e. The first-order chi connectivity index (χ1) is 16.2. The van der Waals surface area contributed by atoms with Crippen molar-refractivity contribution < 1.29 is 0 Å². The van der Waals surface area contributed by atoms with Gasteiger partial charge in [0.05, 0.1) is 5.52 Å². The molecule has 6 rings (SSSR count). The van der Waals surface area contributed by atoms with Crippen molar-refractivity contribution >= 4 is 21.7 Å². The molecule has 0 aliphatic rings. The predicted octanol–water partition coefficient (Wildman–Crippen LogP) is 8.70. The maximum atomic E-state index is 4.78. The fourth-order valence-electron chi connectivity index (χ4n) is 4.52. The van der Waals surface area contributed by atoms with Crippen molar-refractivity contribution in [2.75, 3.05) is 0 Å². The van der Waals surface area contributed by atoms with Gasteiger partial charge in [-0.1, -0.05) is 109 Å². The summed E-state index contributed by atoms with van der Waals surface area (Å²) in [4.78, 5) is 4.78. The molecule has 156 valence electrons. The molecule has 1 heteroatoms. The molecule has 1 heterocycles. The summed E-state index contributed by atoms with van der Waals surface area (Å²) < 4.78 is 0. The van der Waals surface area contributed by atoms with Gasteiger partial charge in [-0.15, -0.1) is 0 Å². The Morgan fingerprint density at radius 3 is 2.00 bits per heavy atom. The number of nitrogens with zero attached hydrogens (tertiary/aromatic N) is 1. The van der Waals surface area contributed by atoms with Crippen LogP contribution in [0, 0.1) is 6.92 Å². The van der Waals surface area contributed by atoms with Gasteiger partial charge in [-0.25, -0.2) is 0 Å². The SMILES string of the molecule is Cc1ccc(-c2ccc3cc(-c4ccc(-c5cccc6ccccc56)cc4)cnc3c2)cc1. The third kappa shape index (κ3) is 3.68. The number of hydrogen-bond acceptors (Lipinski definition) is 1. The Balaban J connectivity index is 1.33. The monoisotopic (exact) mass is 421 g/mol. The molecule has 5 aromatic carbocycles. The normalized spacial score (nSPS) is 11.2. The number of aromatic nitrogens is 1. The van der Waals surface area contributed by atoms with E-state index in [9.17, 15) is 0 Å². The van der Waals surface area contributed by atoms with Gasteiger partial charge >= 0.3 is 0 Å². The van der Waals surface area contributed by atoms with E-state index in [0.717, 1.165) is 16.5 Å². The maximum absolute atomic E-state index is 4.78. The summed E-state index contributed by atoms with van der Waals surface area (Å²) in [5.74, 6) is 0. The van der Waals surface area contributed by atoms with Crippen LogP contribution in [0.1, 0.15) is 5.56 Å². The maximum Gasteiger partial charge on any atom is 0.0708 e. The van der Waals surface area contributed by atoms with E-state index >= 15 is 0 Å². The van der Waals surface area contributed by atoms with Crippen molar-refractivity contribution in [3.63, 3.8) is 0 Å². The first kappa shape index (κ1) is 19.5. The lowest BCUT2D eigenvalue weighted by atomic mass is 9.96. The van der Waals surface area contributed by atoms with E-state index in [1.54, 1.807) is 0 Å². The van der Waals surface area contributed by atoms with E-state index in [1.165, 1.54) is 44.2 Å². The summed E-state index contributed by atoms with van der Waals surface area (Å²) in [7, 11) is 0. The summed E-state index contributed by atoms with van der Waals surface area (Å²) in [6.45, 7) is 2.11. The largest absolute Gasteiger partial charge is 0.256 e. The molecule has 1 aromatic heterocycles. The fourth-order valence-corrected chi connectivity index (χ4v) is 4.52. The molecular weight excluding hydrogens is 398 g/mol. The van der Waals surface area contributed by atoms with Crippen molar-refractivity contribution in [1.82, 2.24) is 4.98 Å². The first-order valence-electron chi connectivity index (χ1n) is 11.3. The molecule has 0 fully saturated rings. The van der Waals surface area contributed by atoms with Gasteiger partial charge in [-0.05, 0) is 57.6 Å². The average molecular weight is 422 g/mol. The number of benzene rings is 5.